The number of hydrogen-bond acceptors (Lipinski definition) is 4. The standard InChI is InChI=1S/C27H31N3O2/c1-28-26(31)27(18-21-7-9-23(10-8-21)24-11-14-29-15-12-24)13-4-16-30(20-27)19-22-5-3-6-25(17-22)32-2/h3,5-12,14-15,17H,4,13,16,18-20H2,1-2H3,(H,28,31). The maximum atomic E-state index is 13.1. The molecule has 1 aromatic heterocycles. The topological polar surface area (TPSA) is 54.5 Å². The number of carbonyl (C=O) groups excluding carboxylic acids is 1. The first kappa shape index (κ1) is 22.0. The summed E-state index contributed by atoms with van der Waals surface area (Å²) in [5.74, 6) is 0.998. The number of likely N-dealkylation sites (tertiary alicyclic amines) is 1. The van der Waals surface area contributed by atoms with Crippen LogP contribution in [0.3, 0.4) is 0 Å². The van der Waals surface area contributed by atoms with Gasteiger partial charge in [-0.25, -0.2) is 0 Å². The van der Waals surface area contributed by atoms with Crippen LogP contribution in [0.5, 0.6) is 5.75 Å². The molecule has 2 aromatic carbocycles. The molecule has 0 saturated carbocycles. The van der Waals surface area contributed by atoms with E-state index in [4.69, 9.17) is 4.74 Å². The summed E-state index contributed by atoms with van der Waals surface area (Å²) in [4.78, 5) is 19.6. The summed E-state index contributed by atoms with van der Waals surface area (Å²) >= 11 is 0. The highest BCUT2D eigenvalue weighted by atomic mass is 16.5. The van der Waals surface area contributed by atoms with E-state index in [0.29, 0.717) is 0 Å². The largest absolute Gasteiger partial charge is 0.497 e. The number of nitrogens with one attached hydrogen (secondary N) is 1. The van der Waals surface area contributed by atoms with Crippen molar-refractivity contribution in [1.29, 1.82) is 0 Å². The van der Waals surface area contributed by atoms with Crippen LogP contribution < -0.4 is 10.1 Å². The van der Waals surface area contributed by atoms with Gasteiger partial charge < -0.3 is 10.1 Å². The molecule has 1 aliphatic heterocycles. The highest BCUT2D eigenvalue weighted by molar-refractivity contribution is 5.83. The summed E-state index contributed by atoms with van der Waals surface area (Å²) in [5, 5.41) is 2.94. The van der Waals surface area contributed by atoms with Crippen molar-refractivity contribution in [2.75, 3.05) is 27.2 Å². The molecule has 0 bridgehead atoms. The van der Waals surface area contributed by atoms with E-state index in [2.05, 4.69) is 51.6 Å². The summed E-state index contributed by atoms with van der Waals surface area (Å²) in [5.41, 5.74) is 4.28. The van der Waals surface area contributed by atoms with Gasteiger partial charge in [0.15, 0.2) is 0 Å². The number of aromatic nitrogens is 1. The van der Waals surface area contributed by atoms with Crippen molar-refractivity contribution in [2.45, 2.75) is 25.8 Å². The molecule has 1 saturated heterocycles. The van der Waals surface area contributed by atoms with Crippen molar-refractivity contribution in [2.24, 2.45) is 5.41 Å². The molecule has 32 heavy (non-hydrogen) atoms. The van der Waals surface area contributed by atoms with Crippen LogP contribution in [0.1, 0.15) is 24.0 Å². The first-order valence-corrected chi connectivity index (χ1v) is 11.2. The predicted octanol–water partition coefficient (Wildman–Crippen LogP) is 4.33. The Hall–Kier alpha value is -3.18. The zero-order valence-electron chi connectivity index (χ0n) is 18.9. The lowest BCUT2D eigenvalue weighted by atomic mass is 9.74. The Balaban J connectivity index is 1.52. The molecule has 3 aromatic rings. The summed E-state index contributed by atoms with van der Waals surface area (Å²) in [7, 11) is 3.44. The molecule has 0 aliphatic carbocycles. The van der Waals surface area contributed by atoms with Crippen LogP contribution in [0, 0.1) is 5.41 Å². The van der Waals surface area contributed by atoms with Crippen LogP contribution in [0.4, 0.5) is 0 Å². The Bertz CT molecular complexity index is 1040. The van der Waals surface area contributed by atoms with Gasteiger partial charge in [0.05, 0.1) is 12.5 Å². The minimum absolute atomic E-state index is 0.131. The van der Waals surface area contributed by atoms with E-state index in [-0.39, 0.29) is 5.91 Å². The lowest BCUT2D eigenvalue weighted by Crippen LogP contribution is -2.52. The van der Waals surface area contributed by atoms with Crippen LogP contribution in [-0.2, 0) is 17.8 Å². The summed E-state index contributed by atoms with van der Waals surface area (Å²) in [6.07, 6.45) is 6.25. The molecular weight excluding hydrogens is 398 g/mol. The Morgan fingerprint density at radius 3 is 2.53 bits per heavy atom. The number of pyridine rings is 1. The lowest BCUT2D eigenvalue weighted by Gasteiger charge is -2.41. The van der Waals surface area contributed by atoms with E-state index < -0.39 is 5.41 Å². The van der Waals surface area contributed by atoms with Crippen molar-refractivity contribution >= 4 is 5.91 Å². The van der Waals surface area contributed by atoms with Crippen LogP contribution in [0.25, 0.3) is 11.1 Å². The van der Waals surface area contributed by atoms with E-state index in [0.717, 1.165) is 55.8 Å². The van der Waals surface area contributed by atoms with Gasteiger partial charge in [0.25, 0.3) is 0 Å². The quantitative estimate of drug-likeness (QED) is 0.607. The van der Waals surface area contributed by atoms with Gasteiger partial charge in [-0.3, -0.25) is 14.7 Å². The lowest BCUT2D eigenvalue weighted by molar-refractivity contribution is -0.134. The van der Waals surface area contributed by atoms with Gasteiger partial charge >= 0.3 is 0 Å². The third-order valence-corrected chi connectivity index (χ3v) is 6.42. The number of ether oxygens (including phenoxy) is 1. The predicted molar refractivity (Wildman–Crippen MR) is 127 cm³/mol. The highest BCUT2D eigenvalue weighted by Gasteiger charge is 2.41. The second-order valence-corrected chi connectivity index (χ2v) is 8.63. The molecule has 2 heterocycles. The molecule has 5 heteroatoms. The number of benzene rings is 2. The molecule has 1 unspecified atom stereocenters. The molecule has 0 spiro atoms. The molecule has 4 rings (SSSR count). The smallest absolute Gasteiger partial charge is 0.227 e. The van der Waals surface area contributed by atoms with Crippen LogP contribution >= 0.6 is 0 Å². The summed E-state index contributed by atoms with van der Waals surface area (Å²) < 4.78 is 5.38. The van der Waals surface area contributed by atoms with Crippen LogP contribution in [-0.4, -0.2) is 43.0 Å². The normalized spacial score (nSPS) is 18.8. The fourth-order valence-corrected chi connectivity index (χ4v) is 4.82. The van der Waals surface area contributed by atoms with Crippen LogP contribution in [0.15, 0.2) is 73.1 Å². The minimum atomic E-state index is -0.427. The minimum Gasteiger partial charge on any atom is -0.497 e. The highest BCUT2D eigenvalue weighted by Crippen LogP contribution is 2.35. The zero-order valence-corrected chi connectivity index (χ0v) is 18.9. The van der Waals surface area contributed by atoms with Gasteiger partial charge in [-0.15, -0.1) is 0 Å². The van der Waals surface area contributed by atoms with Gasteiger partial charge in [0, 0.05) is 32.5 Å². The van der Waals surface area contributed by atoms with Gasteiger partial charge in [-0.1, -0.05) is 36.4 Å². The molecule has 5 nitrogen and oxygen atoms in total. The number of hydrogen-bond donors (Lipinski definition) is 1. The average Bonchev–Trinajstić information content (AvgIpc) is 2.85. The van der Waals surface area contributed by atoms with E-state index in [1.54, 1.807) is 14.2 Å². The van der Waals surface area contributed by atoms with E-state index >= 15 is 0 Å². The van der Waals surface area contributed by atoms with Crippen molar-refractivity contribution in [1.82, 2.24) is 15.2 Å². The van der Waals surface area contributed by atoms with E-state index in [1.807, 2.05) is 36.7 Å². The van der Waals surface area contributed by atoms with Gasteiger partial charge in [-0.05, 0) is 72.3 Å². The number of carbonyl (C=O) groups is 1. The molecule has 1 aliphatic rings. The number of piperidine rings is 1. The van der Waals surface area contributed by atoms with E-state index in [9.17, 15) is 4.79 Å². The Labute approximate surface area is 190 Å². The number of nitrogens with zero attached hydrogens (tertiary/aromatic N) is 2. The fraction of sp³-hybridized carbons (Fsp3) is 0.333. The van der Waals surface area contributed by atoms with Crippen molar-refractivity contribution in [3.63, 3.8) is 0 Å². The van der Waals surface area contributed by atoms with Crippen molar-refractivity contribution in [3.05, 3.63) is 84.2 Å². The third-order valence-electron chi connectivity index (χ3n) is 6.42. The van der Waals surface area contributed by atoms with Gasteiger partial charge in [0.1, 0.15) is 5.75 Å². The number of amides is 1. The second kappa shape index (κ2) is 9.96. The maximum absolute atomic E-state index is 13.1. The number of rotatable bonds is 7. The fourth-order valence-electron chi connectivity index (χ4n) is 4.82. The molecule has 1 fully saturated rings. The SMILES string of the molecule is CNC(=O)C1(Cc2ccc(-c3ccncc3)cc2)CCCN(Cc2cccc(OC)c2)C1. The van der Waals surface area contributed by atoms with Crippen molar-refractivity contribution in [3.8, 4) is 16.9 Å². The molecule has 1 N–H and O–H groups in total. The van der Waals surface area contributed by atoms with Crippen LogP contribution in [0.2, 0.25) is 0 Å². The Kier molecular flexibility index (Phi) is 6.86. The molecule has 0 radical (unpaired) electrons. The maximum Gasteiger partial charge on any atom is 0.227 e. The van der Waals surface area contributed by atoms with Gasteiger partial charge in [0.2, 0.25) is 5.91 Å². The molecular formula is C27H31N3O2. The summed E-state index contributed by atoms with van der Waals surface area (Å²) in [6, 6.07) is 20.8. The van der Waals surface area contributed by atoms with Crippen molar-refractivity contribution < 1.29 is 9.53 Å². The Morgan fingerprint density at radius 2 is 1.81 bits per heavy atom. The van der Waals surface area contributed by atoms with E-state index in [1.165, 1.54) is 11.1 Å². The third kappa shape index (κ3) is 5.00. The first-order chi connectivity index (χ1) is 15.6. The Morgan fingerprint density at radius 1 is 1.06 bits per heavy atom. The monoisotopic (exact) mass is 429 g/mol. The zero-order chi connectivity index (χ0) is 22.4. The molecule has 166 valence electrons. The molecule has 1 atom stereocenters. The number of methoxy groups -OCH3 is 1. The molecule has 1 amide bonds. The summed E-state index contributed by atoms with van der Waals surface area (Å²) in [6.45, 7) is 2.56. The van der Waals surface area contributed by atoms with Gasteiger partial charge in [-0.2, -0.15) is 0 Å². The average molecular weight is 430 g/mol. The second-order valence-electron chi connectivity index (χ2n) is 8.63. The first-order valence-electron chi connectivity index (χ1n) is 11.2.